The van der Waals surface area contributed by atoms with E-state index in [1.807, 2.05) is 12.1 Å². The Labute approximate surface area is 103 Å². The van der Waals surface area contributed by atoms with Crippen molar-refractivity contribution in [3.63, 3.8) is 0 Å². The van der Waals surface area contributed by atoms with Crippen molar-refractivity contribution in [1.29, 1.82) is 0 Å². The molecule has 84 valence electrons. The molecule has 2 rings (SSSR count). The molecule has 1 aliphatic heterocycles. The fraction of sp³-hybridized carbons (Fsp3) is 0.333. The third-order valence-electron chi connectivity index (χ3n) is 2.65. The van der Waals surface area contributed by atoms with Crippen LogP contribution in [0, 0.1) is 0 Å². The van der Waals surface area contributed by atoms with Crippen molar-refractivity contribution in [2.24, 2.45) is 0 Å². The van der Waals surface area contributed by atoms with Crippen molar-refractivity contribution in [2.75, 3.05) is 13.1 Å². The summed E-state index contributed by atoms with van der Waals surface area (Å²) in [6.45, 7) is 0.911. The molecular weight excluding hydrogens is 270 g/mol. The van der Waals surface area contributed by atoms with Gasteiger partial charge < -0.3 is 4.90 Å². The summed E-state index contributed by atoms with van der Waals surface area (Å²) in [5.74, 6) is 0.0832. The van der Waals surface area contributed by atoms with Gasteiger partial charge in [-0.25, -0.2) is 0 Å². The summed E-state index contributed by atoms with van der Waals surface area (Å²) in [4.78, 5) is 24.9. The number of hydrogen-bond donors (Lipinski definition) is 0. The van der Waals surface area contributed by atoms with Crippen LogP contribution in [-0.2, 0) is 4.79 Å². The lowest BCUT2D eigenvalue weighted by Crippen LogP contribution is -2.30. The third kappa shape index (κ3) is 2.50. The minimum atomic E-state index is -0.00319. The second-order valence-electron chi connectivity index (χ2n) is 3.85. The first-order valence-electron chi connectivity index (χ1n) is 5.23. The van der Waals surface area contributed by atoms with Crippen LogP contribution in [0.1, 0.15) is 23.2 Å². The van der Waals surface area contributed by atoms with Crippen LogP contribution in [-0.4, -0.2) is 29.7 Å². The minimum absolute atomic E-state index is 0.00319. The lowest BCUT2D eigenvalue weighted by molar-refractivity contribution is -0.127. The number of carbonyl (C=O) groups is 2. The van der Waals surface area contributed by atoms with Gasteiger partial charge in [-0.05, 0) is 18.6 Å². The van der Waals surface area contributed by atoms with E-state index < -0.39 is 0 Å². The molecule has 0 saturated carbocycles. The summed E-state index contributed by atoms with van der Waals surface area (Å²) in [7, 11) is 0. The molecule has 4 heteroatoms. The van der Waals surface area contributed by atoms with Crippen LogP contribution in [0.5, 0.6) is 0 Å². The molecule has 1 aliphatic rings. The quantitative estimate of drug-likeness (QED) is 0.797. The molecule has 1 aromatic rings. The normalized spacial score (nSPS) is 15.6. The Hall–Kier alpha value is -1.16. The van der Waals surface area contributed by atoms with Gasteiger partial charge in [0.05, 0.1) is 6.54 Å². The predicted molar refractivity (Wildman–Crippen MR) is 64.3 cm³/mol. The Morgan fingerprint density at radius 2 is 2.25 bits per heavy atom. The molecule has 1 heterocycles. The molecule has 0 radical (unpaired) electrons. The van der Waals surface area contributed by atoms with Gasteiger partial charge in [-0.15, -0.1) is 0 Å². The number of nitrogens with zero attached hydrogens (tertiary/aromatic N) is 1. The van der Waals surface area contributed by atoms with Gasteiger partial charge in [0.1, 0.15) is 0 Å². The van der Waals surface area contributed by atoms with E-state index in [2.05, 4.69) is 15.9 Å². The summed E-state index contributed by atoms with van der Waals surface area (Å²) in [5.41, 5.74) is 0.647. The summed E-state index contributed by atoms with van der Waals surface area (Å²) >= 11 is 3.32. The molecule has 0 bridgehead atoms. The second-order valence-corrected chi connectivity index (χ2v) is 4.77. The van der Waals surface area contributed by atoms with Crippen LogP contribution in [0.2, 0.25) is 0 Å². The average Bonchev–Trinajstić information content (AvgIpc) is 2.64. The van der Waals surface area contributed by atoms with Gasteiger partial charge >= 0.3 is 0 Å². The van der Waals surface area contributed by atoms with E-state index in [-0.39, 0.29) is 18.2 Å². The summed E-state index contributed by atoms with van der Waals surface area (Å²) in [5, 5.41) is 0. The molecular formula is C12H12BrNO2. The van der Waals surface area contributed by atoms with Crippen LogP contribution in [0.3, 0.4) is 0 Å². The highest BCUT2D eigenvalue weighted by Crippen LogP contribution is 2.14. The number of ketones is 1. The smallest absolute Gasteiger partial charge is 0.223 e. The third-order valence-corrected chi connectivity index (χ3v) is 3.15. The summed E-state index contributed by atoms with van der Waals surface area (Å²) in [6.07, 6.45) is 1.44. The van der Waals surface area contributed by atoms with Crippen molar-refractivity contribution >= 4 is 27.6 Å². The number of halogens is 1. The number of rotatable bonds is 3. The first kappa shape index (κ1) is 11.3. The monoisotopic (exact) mass is 281 g/mol. The Balaban J connectivity index is 2.05. The molecule has 3 nitrogen and oxygen atoms in total. The van der Waals surface area contributed by atoms with Gasteiger partial charge in [0.2, 0.25) is 5.91 Å². The van der Waals surface area contributed by atoms with Crippen molar-refractivity contribution in [1.82, 2.24) is 4.90 Å². The first-order valence-corrected chi connectivity index (χ1v) is 6.02. The van der Waals surface area contributed by atoms with Crippen molar-refractivity contribution in [3.05, 3.63) is 34.3 Å². The molecule has 0 aliphatic carbocycles. The number of carbonyl (C=O) groups excluding carboxylic acids is 2. The van der Waals surface area contributed by atoms with Crippen LogP contribution in [0.15, 0.2) is 28.7 Å². The largest absolute Gasteiger partial charge is 0.335 e. The Kier molecular flexibility index (Phi) is 3.39. The van der Waals surface area contributed by atoms with E-state index in [9.17, 15) is 9.59 Å². The Morgan fingerprint density at radius 1 is 1.44 bits per heavy atom. The number of amides is 1. The topological polar surface area (TPSA) is 37.4 Å². The van der Waals surface area contributed by atoms with Gasteiger partial charge in [-0.1, -0.05) is 28.1 Å². The van der Waals surface area contributed by atoms with Gasteiger partial charge in [0.15, 0.2) is 5.78 Å². The average molecular weight is 282 g/mol. The standard InChI is InChI=1S/C12H12BrNO2/c13-10-4-1-3-9(7-10)11(15)8-14-6-2-5-12(14)16/h1,3-4,7H,2,5-6,8H2. The maximum absolute atomic E-state index is 11.9. The fourth-order valence-electron chi connectivity index (χ4n) is 1.80. The van der Waals surface area contributed by atoms with Crippen LogP contribution in [0.25, 0.3) is 0 Å². The fourth-order valence-corrected chi connectivity index (χ4v) is 2.20. The zero-order valence-electron chi connectivity index (χ0n) is 8.78. The molecule has 1 aromatic carbocycles. The number of Topliss-reactive ketones (excluding diaryl/α,β-unsaturated/α-hetero) is 1. The molecule has 1 amide bonds. The summed E-state index contributed by atoms with van der Waals surface area (Å²) < 4.78 is 0.881. The molecule has 0 spiro atoms. The van der Waals surface area contributed by atoms with Crippen LogP contribution < -0.4 is 0 Å². The molecule has 16 heavy (non-hydrogen) atoms. The lowest BCUT2D eigenvalue weighted by Gasteiger charge is -2.14. The SMILES string of the molecule is O=C(CN1CCCC1=O)c1cccc(Br)c1. The van der Waals surface area contributed by atoms with E-state index in [0.717, 1.165) is 10.9 Å². The minimum Gasteiger partial charge on any atom is -0.335 e. The van der Waals surface area contributed by atoms with E-state index in [0.29, 0.717) is 18.5 Å². The lowest BCUT2D eigenvalue weighted by atomic mass is 10.1. The number of benzene rings is 1. The number of hydrogen-bond acceptors (Lipinski definition) is 2. The summed E-state index contributed by atoms with van der Waals surface area (Å²) in [6, 6.07) is 7.25. The predicted octanol–water partition coefficient (Wildman–Crippen LogP) is 2.25. The number of likely N-dealkylation sites (tertiary alicyclic amines) is 1. The highest BCUT2D eigenvalue weighted by molar-refractivity contribution is 9.10. The molecule has 0 aromatic heterocycles. The zero-order valence-corrected chi connectivity index (χ0v) is 10.4. The highest BCUT2D eigenvalue weighted by atomic mass is 79.9. The van der Waals surface area contributed by atoms with Crippen molar-refractivity contribution in [2.45, 2.75) is 12.8 Å². The van der Waals surface area contributed by atoms with Crippen molar-refractivity contribution < 1.29 is 9.59 Å². The molecule has 0 unspecified atom stereocenters. The van der Waals surface area contributed by atoms with Crippen LogP contribution >= 0.6 is 15.9 Å². The van der Waals surface area contributed by atoms with Gasteiger partial charge in [0.25, 0.3) is 0 Å². The Morgan fingerprint density at radius 3 is 2.88 bits per heavy atom. The van der Waals surface area contributed by atoms with Gasteiger partial charge in [-0.2, -0.15) is 0 Å². The van der Waals surface area contributed by atoms with Gasteiger partial charge in [-0.3, -0.25) is 9.59 Å². The van der Waals surface area contributed by atoms with E-state index in [4.69, 9.17) is 0 Å². The van der Waals surface area contributed by atoms with Crippen LogP contribution in [0.4, 0.5) is 0 Å². The highest BCUT2D eigenvalue weighted by Gasteiger charge is 2.22. The zero-order chi connectivity index (χ0) is 11.5. The molecule has 1 saturated heterocycles. The second kappa shape index (κ2) is 4.78. The van der Waals surface area contributed by atoms with E-state index in [1.165, 1.54) is 0 Å². The maximum Gasteiger partial charge on any atom is 0.223 e. The molecule has 0 N–H and O–H groups in total. The Bertz CT molecular complexity index is 431. The van der Waals surface area contributed by atoms with Crippen molar-refractivity contribution in [3.8, 4) is 0 Å². The van der Waals surface area contributed by atoms with Gasteiger partial charge in [0, 0.05) is 23.0 Å². The van der Waals surface area contributed by atoms with E-state index >= 15 is 0 Å². The van der Waals surface area contributed by atoms with E-state index in [1.54, 1.807) is 17.0 Å². The first-order chi connectivity index (χ1) is 7.66. The maximum atomic E-state index is 11.9. The molecule has 1 fully saturated rings. The molecule has 0 atom stereocenters.